The summed E-state index contributed by atoms with van der Waals surface area (Å²) < 4.78 is 10.5. The molecule has 0 spiro atoms. The standard InChI is InChI=1S/C19H28N2O4/c1-13(2)11-18(22)21-9-7-14(8-10-21)20-19(23)16-12-15(24-3)5-6-17(16)25-4/h5-6,12-14H,7-11H2,1-4H3,(H,20,23). The average Bonchev–Trinajstić information content (AvgIpc) is 2.61. The number of methoxy groups -OCH3 is 2. The summed E-state index contributed by atoms with van der Waals surface area (Å²) >= 11 is 0. The van der Waals surface area contributed by atoms with Crippen molar-refractivity contribution in [2.24, 2.45) is 5.92 Å². The van der Waals surface area contributed by atoms with Crippen LogP contribution in [0.15, 0.2) is 18.2 Å². The lowest BCUT2D eigenvalue weighted by Crippen LogP contribution is -2.46. The molecule has 25 heavy (non-hydrogen) atoms. The number of likely N-dealkylation sites (tertiary alicyclic amines) is 1. The summed E-state index contributed by atoms with van der Waals surface area (Å²) in [6.45, 7) is 5.47. The molecule has 1 N–H and O–H groups in total. The molecule has 0 unspecified atom stereocenters. The minimum Gasteiger partial charge on any atom is -0.497 e. The summed E-state index contributed by atoms with van der Waals surface area (Å²) in [7, 11) is 3.10. The maximum Gasteiger partial charge on any atom is 0.255 e. The Morgan fingerprint density at radius 1 is 1.20 bits per heavy atom. The number of benzene rings is 1. The molecule has 1 aromatic carbocycles. The predicted octanol–water partition coefficient (Wildman–Crippen LogP) is 2.47. The fraction of sp³-hybridized carbons (Fsp3) is 0.579. The smallest absolute Gasteiger partial charge is 0.255 e. The van der Waals surface area contributed by atoms with Crippen LogP contribution in [0, 0.1) is 5.92 Å². The maximum atomic E-state index is 12.6. The quantitative estimate of drug-likeness (QED) is 0.857. The van der Waals surface area contributed by atoms with E-state index in [1.807, 2.05) is 18.7 Å². The molecule has 6 heteroatoms. The first-order valence-electron chi connectivity index (χ1n) is 8.75. The highest BCUT2D eigenvalue weighted by Crippen LogP contribution is 2.24. The van der Waals surface area contributed by atoms with Gasteiger partial charge in [0.05, 0.1) is 19.8 Å². The first-order valence-corrected chi connectivity index (χ1v) is 8.75. The zero-order chi connectivity index (χ0) is 18.4. The molecule has 0 aromatic heterocycles. The Bertz CT molecular complexity index is 607. The Morgan fingerprint density at radius 3 is 2.44 bits per heavy atom. The lowest BCUT2D eigenvalue weighted by molar-refractivity contribution is -0.133. The van der Waals surface area contributed by atoms with Crippen LogP contribution in [0.25, 0.3) is 0 Å². The highest BCUT2D eigenvalue weighted by Gasteiger charge is 2.25. The van der Waals surface area contributed by atoms with Gasteiger partial charge in [-0.3, -0.25) is 9.59 Å². The second-order valence-electron chi connectivity index (χ2n) is 6.79. The van der Waals surface area contributed by atoms with Crippen LogP contribution in [0.1, 0.15) is 43.5 Å². The highest BCUT2D eigenvalue weighted by molar-refractivity contribution is 5.97. The Morgan fingerprint density at radius 2 is 1.88 bits per heavy atom. The summed E-state index contributed by atoms with van der Waals surface area (Å²) in [4.78, 5) is 26.6. The largest absolute Gasteiger partial charge is 0.497 e. The van der Waals surface area contributed by atoms with Gasteiger partial charge in [0.15, 0.2) is 0 Å². The number of rotatable bonds is 6. The minimum atomic E-state index is -0.178. The molecule has 0 saturated carbocycles. The van der Waals surface area contributed by atoms with Crippen molar-refractivity contribution in [1.82, 2.24) is 10.2 Å². The number of nitrogens with zero attached hydrogens (tertiary/aromatic N) is 1. The van der Waals surface area contributed by atoms with E-state index >= 15 is 0 Å². The number of amides is 2. The third-order valence-electron chi connectivity index (χ3n) is 4.42. The molecule has 0 atom stereocenters. The Labute approximate surface area is 149 Å². The summed E-state index contributed by atoms with van der Waals surface area (Å²) in [5.41, 5.74) is 0.458. The van der Waals surface area contributed by atoms with Gasteiger partial charge in [-0.05, 0) is 37.0 Å². The third kappa shape index (κ3) is 5.11. The predicted molar refractivity (Wildman–Crippen MR) is 96.1 cm³/mol. The molecular weight excluding hydrogens is 320 g/mol. The van der Waals surface area contributed by atoms with E-state index in [1.165, 1.54) is 7.11 Å². The molecule has 1 aliphatic rings. The van der Waals surface area contributed by atoms with Crippen molar-refractivity contribution in [2.45, 2.75) is 39.2 Å². The first kappa shape index (κ1) is 19.1. The van der Waals surface area contributed by atoms with Gasteiger partial charge in [0.25, 0.3) is 5.91 Å². The van der Waals surface area contributed by atoms with E-state index in [9.17, 15) is 9.59 Å². The summed E-state index contributed by atoms with van der Waals surface area (Å²) in [6.07, 6.45) is 2.11. The fourth-order valence-corrected chi connectivity index (χ4v) is 3.01. The topological polar surface area (TPSA) is 67.9 Å². The van der Waals surface area contributed by atoms with Crippen LogP contribution in [0.2, 0.25) is 0 Å². The lowest BCUT2D eigenvalue weighted by atomic mass is 10.0. The van der Waals surface area contributed by atoms with E-state index in [0.717, 1.165) is 12.8 Å². The van der Waals surface area contributed by atoms with Gasteiger partial charge in [0.2, 0.25) is 5.91 Å². The molecule has 2 amide bonds. The zero-order valence-corrected chi connectivity index (χ0v) is 15.5. The molecule has 0 bridgehead atoms. The van der Waals surface area contributed by atoms with Gasteiger partial charge in [-0.25, -0.2) is 0 Å². The second kappa shape index (κ2) is 8.74. The number of ether oxygens (including phenoxy) is 2. The van der Waals surface area contributed by atoms with Crippen LogP contribution in [-0.2, 0) is 4.79 Å². The average molecular weight is 348 g/mol. The normalized spacial score (nSPS) is 15.2. The number of carbonyl (C=O) groups excluding carboxylic acids is 2. The Hall–Kier alpha value is -2.24. The van der Waals surface area contributed by atoms with E-state index in [1.54, 1.807) is 25.3 Å². The molecule has 0 radical (unpaired) electrons. The molecule has 1 aromatic rings. The van der Waals surface area contributed by atoms with Crippen molar-refractivity contribution >= 4 is 11.8 Å². The highest BCUT2D eigenvalue weighted by atomic mass is 16.5. The van der Waals surface area contributed by atoms with Gasteiger partial charge >= 0.3 is 0 Å². The van der Waals surface area contributed by atoms with Gasteiger partial charge < -0.3 is 19.7 Å². The van der Waals surface area contributed by atoms with Crippen LogP contribution in [0.4, 0.5) is 0 Å². The van der Waals surface area contributed by atoms with Crippen molar-refractivity contribution in [2.75, 3.05) is 27.3 Å². The van der Waals surface area contributed by atoms with Crippen LogP contribution >= 0.6 is 0 Å². The zero-order valence-electron chi connectivity index (χ0n) is 15.5. The van der Waals surface area contributed by atoms with Crippen LogP contribution in [0.3, 0.4) is 0 Å². The second-order valence-corrected chi connectivity index (χ2v) is 6.79. The molecule has 1 aliphatic heterocycles. The van der Waals surface area contributed by atoms with E-state index in [0.29, 0.717) is 42.5 Å². The van der Waals surface area contributed by atoms with Crippen molar-refractivity contribution in [3.05, 3.63) is 23.8 Å². The summed E-state index contributed by atoms with van der Waals surface area (Å²) in [6, 6.07) is 5.22. The van der Waals surface area contributed by atoms with Gasteiger partial charge in [0.1, 0.15) is 11.5 Å². The van der Waals surface area contributed by atoms with Gasteiger partial charge in [-0.2, -0.15) is 0 Å². The van der Waals surface area contributed by atoms with E-state index < -0.39 is 0 Å². The van der Waals surface area contributed by atoms with Crippen LogP contribution in [-0.4, -0.2) is 50.1 Å². The van der Waals surface area contributed by atoms with Crippen molar-refractivity contribution in [1.29, 1.82) is 0 Å². The van der Waals surface area contributed by atoms with Gasteiger partial charge in [-0.15, -0.1) is 0 Å². The Balaban J connectivity index is 1.93. The molecular formula is C19H28N2O4. The number of nitrogens with one attached hydrogen (secondary N) is 1. The molecule has 0 aliphatic carbocycles. The Kier molecular flexibility index (Phi) is 6.67. The number of hydrogen-bond acceptors (Lipinski definition) is 4. The SMILES string of the molecule is COc1ccc(OC)c(C(=O)NC2CCN(C(=O)CC(C)C)CC2)c1. The van der Waals surface area contributed by atoms with E-state index in [2.05, 4.69) is 5.32 Å². The number of carbonyl (C=O) groups is 2. The monoisotopic (exact) mass is 348 g/mol. The first-order chi connectivity index (χ1) is 11.9. The van der Waals surface area contributed by atoms with Crippen molar-refractivity contribution < 1.29 is 19.1 Å². The lowest BCUT2D eigenvalue weighted by Gasteiger charge is -2.33. The summed E-state index contributed by atoms with van der Waals surface area (Å²) in [5.74, 6) is 1.52. The van der Waals surface area contributed by atoms with E-state index in [-0.39, 0.29) is 17.9 Å². The van der Waals surface area contributed by atoms with E-state index in [4.69, 9.17) is 9.47 Å². The van der Waals surface area contributed by atoms with Crippen LogP contribution < -0.4 is 14.8 Å². The molecule has 6 nitrogen and oxygen atoms in total. The van der Waals surface area contributed by atoms with Crippen molar-refractivity contribution in [3.63, 3.8) is 0 Å². The van der Waals surface area contributed by atoms with Crippen molar-refractivity contribution in [3.8, 4) is 11.5 Å². The molecule has 1 heterocycles. The number of piperidine rings is 1. The summed E-state index contributed by atoms with van der Waals surface area (Å²) in [5, 5.41) is 3.05. The van der Waals surface area contributed by atoms with Gasteiger partial charge in [0, 0.05) is 25.6 Å². The molecule has 1 fully saturated rings. The molecule has 138 valence electrons. The molecule has 2 rings (SSSR count). The minimum absolute atomic E-state index is 0.0616. The van der Waals surface area contributed by atoms with Crippen LogP contribution in [0.5, 0.6) is 11.5 Å². The maximum absolute atomic E-state index is 12.6. The number of hydrogen-bond donors (Lipinski definition) is 1. The van der Waals surface area contributed by atoms with Gasteiger partial charge in [-0.1, -0.05) is 13.8 Å². The fourth-order valence-electron chi connectivity index (χ4n) is 3.01. The molecule has 1 saturated heterocycles. The third-order valence-corrected chi connectivity index (χ3v) is 4.42.